The van der Waals surface area contributed by atoms with Crippen LogP contribution in [0.25, 0.3) is 10.8 Å². The van der Waals surface area contributed by atoms with E-state index >= 15 is 0 Å². The van der Waals surface area contributed by atoms with Crippen molar-refractivity contribution in [2.75, 3.05) is 6.61 Å². The van der Waals surface area contributed by atoms with Gasteiger partial charge in [-0.15, -0.1) is 0 Å². The van der Waals surface area contributed by atoms with E-state index < -0.39 is 12.3 Å². The molecule has 0 spiro atoms. The quantitative estimate of drug-likeness (QED) is 0.396. The number of benzene rings is 2. The van der Waals surface area contributed by atoms with Crippen LogP contribution in [0.1, 0.15) is 41.5 Å². The number of hydrogen-bond acceptors (Lipinski definition) is 8. The highest BCUT2D eigenvalue weighted by atomic mass is 16.8. The van der Waals surface area contributed by atoms with E-state index in [1.165, 1.54) is 12.3 Å². The first-order valence-corrected chi connectivity index (χ1v) is 10.6. The third kappa shape index (κ3) is 4.99. The molecular weight excluding hydrogens is 424 g/mol. The van der Waals surface area contributed by atoms with Crippen molar-refractivity contribution in [3.05, 3.63) is 77.7 Å². The summed E-state index contributed by atoms with van der Waals surface area (Å²) in [4.78, 5) is 16.4. The second kappa shape index (κ2) is 9.92. The first-order valence-electron chi connectivity index (χ1n) is 10.6. The van der Waals surface area contributed by atoms with Gasteiger partial charge in [0.15, 0.2) is 17.7 Å². The molecule has 0 bridgehead atoms. The van der Waals surface area contributed by atoms with E-state index in [0.717, 1.165) is 12.0 Å². The largest absolute Gasteiger partial charge is 0.505 e. The van der Waals surface area contributed by atoms with Crippen LogP contribution < -0.4 is 4.74 Å². The number of aromatic hydroxyl groups is 1. The number of carbonyl (C=O) groups is 1. The van der Waals surface area contributed by atoms with Gasteiger partial charge in [-0.25, -0.2) is 9.78 Å². The third-order valence-electron chi connectivity index (χ3n) is 5.01. The van der Waals surface area contributed by atoms with Crippen molar-refractivity contribution < 1.29 is 28.8 Å². The maximum atomic E-state index is 12.4. The van der Waals surface area contributed by atoms with E-state index in [0.29, 0.717) is 24.0 Å². The lowest BCUT2D eigenvalue weighted by Crippen LogP contribution is -2.13. The number of aromatic nitrogens is 1. The smallest absolute Gasteiger partial charge is 0.360 e. The highest BCUT2D eigenvalue weighted by Crippen LogP contribution is 2.34. The zero-order valence-corrected chi connectivity index (χ0v) is 18.0. The number of unbranched alkanes of at least 4 members (excludes halogenated alkanes) is 1. The SMILES string of the molecule is CCCCOC(=O)c1nc(C#N)c2ccc(OC3=COC(Cc4ccccc4)O3)cc2c1O. The highest BCUT2D eigenvalue weighted by molar-refractivity contribution is 6.01. The van der Waals surface area contributed by atoms with Crippen molar-refractivity contribution >= 4 is 16.7 Å². The Morgan fingerprint density at radius 3 is 2.79 bits per heavy atom. The molecule has 0 saturated heterocycles. The molecule has 0 radical (unpaired) electrons. The number of esters is 1. The summed E-state index contributed by atoms with van der Waals surface area (Å²) in [5, 5.41) is 20.8. The second-order valence-electron chi connectivity index (χ2n) is 7.38. The average Bonchev–Trinajstić information content (AvgIpc) is 3.27. The van der Waals surface area contributed by atoms with Crippen molar-refractivity contribution in [3.8, 4) is 17.6 Å². The van der Waals surface area contributed by atoms with Crippen molar-refractivity contribution in [3.63, 3.8) is 0 Å². The summed E-state index contributed by atoms with van der Waals surface area (Å²) in [7, 11) is 0. The number of rotatable bonds is 8. The van der Waals surface area contributed by atoms with E-state index in [1.807, 2.05) is 43.3 Å². The molecule has 1 N–H and O–H groups in total. The molecule has 2 aromatic carbocycles. The Bertz CT molecular complexity index is 1230. The Hall–Kier alpha value is -4.25. The van der Waals surface area contributed by atoms with E-state index in [9.17, 15) is 15.2 Å². The molecule has 1 aromatic heterocycles. The second-order valence-corrected chi connectivity index (χ2v) is 7.38. The maximum Gasteiger partial charge on any atom is 0.360 e. The van der Waals surface area contributed by atoms with Gasteiger partial charge in [-0.3, -0.25) is 0 Å². The maximum absolute atomic E-state index is 12.4. The van der Waals surface area contributed by atoms with Crippen molar-refractivity contribution in [2.45, 2.75) is 32.5 Å². The highest BCUT2D eigenvalue weighted by Gasteiger charge is 2.24. The van der Waals surface area contributed by atoms with Crippen LogP contribution in [0.4, 0.5) is 0 Å². The predicted octanol–water partition coefficient (Wildman–Crippen LogP) is 4.56. The molecule has 0 amide bonds. The number of fused-ring (bicyclic) bond motifs is 1. The van der Waals surface area contributed by atoms with Gasteiger partial charge < -0.3 is 24.1 Å². The predicted molar refractivity (Wildman–Crippen MR) is 118 cm³/mol. The summed E-state index contributed by atoms with van der Waals surface area (Å²) in [6.07, 6.45) is 2.94. The van der Waals surface area contributed by atoms with Gasteiger partial charge in [-0.1, -0.05) is 43.7 Å². The minimum Gasteiger partial charge on any atom is -0.505 e. The van der Waals surface area contributed by atoms with Crippen LogP contribution in [0.2, 0.25) is 0 Å². The molecule has 4 rings (SSSR count). The van der Waals surface area contributed by atoms with Gasteiger partial charge in [0, 0.05) is 17.2 Å². The zero-order valence-electron chi connectivity index (χ0n) is 18.0. The van der Waals surface area contributed by atoms with Crippen LogP contribution in [-0.4, -0.2) is 29.0 Å². The molecule has 0 saturated carbocycles. The third-order valence-corrected chi connectivity index (χ3v) is 5.01. The Morgan fingerprint density at radius 1 is 1.21 bits per heavy atom. The van der Waals surface area contributed by atoms with Crippen molar-refractivity contribution in [1.29, 1.82) is 5.26 Å². The molecule has 0 aliphatic carbocycles. The van der Waals surface area contributed by atoms with Gasteiger partial charge in [0.25, 0.3) is 0 Å². The Morgan fingerprint density at radius 2 is 2.03 bits per heavy atom. The van der Waals surface area contributed by atoms with Crippen LogP contribution in [0.3, 0.4) is 0 Å². The topological polar surface area (TPSA) is 111 Å². The van der Waals surface area contributed by atoms with Gasteiger partial charge in [-0.05, 0) is 30.2 Å². The number of nitrogens with zero attached hydrogens (tertiary/aromatic N) is 2. The monoisotopic (exact) mass is 446 g/mol. The van der Waals surface area contributed by atoms with Crippen LogP contribution >= 0.6 is 0 Å². The summed E-state index contributed by atoms with van der Waals surface area (Å²) in [5.74, 6) is -0.683. The van der Waals surface area contributed by atoms with E-state index in [4.69, 9.17) is 18.9 Å². The van der Waals surface area contributed by atoms with Gasteiger partial charge in [0.05, 0.1) is 6.61 Å². The number of carbonyl (C=O) groups excluding carboxylic acids is 1. The van der Waals surface area contributed by atoms with Gasteiger partial charge in [-0.2, -0.15) is 5.26 Å². The van der Waals surface area contributed by atoms with Crippen molar-refractivity contribution in [1.82, 2.24) is 4.98 Å². The Labute approximate surface area is 190 Å². The molecule has 1 atom stereocenters. The Kier molecular flexibility index (Phi) is 6.60. The lowest BCUT2D eigenvalue weighted by atomic mass is 10.1. The summed E-state index contributed by atoms with van der Waals surface area (Å²) < 4.78 is 22.1. The molecule has 1 aliphatic heterocycles. The molecule has 0 fully saturated rings. The van der Waals surface area contributed by atoms with E-state index in [2.05, 4.69) is 4.98 Å². The molecule has 8 nitrogen and oxygen atoms in total. The summed E-state index contributed by atoms with van der Waals surface area (Å²) >= 11 is 0. The standard InChI is InChI=1S/C25H22N2O6/c1-2-3-11-30-25(29)23-24(28)19-13-17(9-10-18(19)20(14-26)27-23)32-22-15-31-21(33-22)12-16-7-5-4-6-8-16/h4-10,13,15,21,28H,2-3,11-12H2,1H3. The van der Waals surface area contributed by atoms with Crippen molar-refractivity contribution in [2.24, 2.45) is 0 Å². The van der Waals surface area contributed by atoms with Gasteiger partial charge in [0.1, 0.15) is 17.5 Å². The molecule has 1 aliphatic rings. The number of hydrogen-bond donors (Lipinski definition) is 1. The first kappa shape index (κ1) is 22.0. The molecule has 1 unspecified atom stereocenters. The zero-order chi connectivity index (χ0) is 23.2. The molecule has 2 heterocycles. The lowest BCUT2D eigenvalue weighted by molar-refractivity contribution is -0.0519. The minimum atomic E-state index is -0.787. The van der Waals surface area contributed by atoms with Gasteiger partial charge in [0.2, 0.25) is 6.29 Å². The molecular formula is C25H22N2O6. The summed E-state index contributed by atoms with van der Waals surface area (Å²) in [6, 6.07) is 16.4. The normalized spacial score (nSPS) is 14.7. The van der Waals surface area contributed by atoms with E-state index in [1.54, 1.807) is 12.1 Å². The van der Waals surface area contributed by atoms with Gasteiger partial charge >= 0.3 is 11.9 Å². The van der Waals surface area contributed by atoms with Crippen LogP contribution in [0, 0.1) is 11.3 Å². The summed E-state index contributed by atoms with van der Waals surface area (Å²) in [5.41, 5.74) is 0.747. The lowest BCUT2D eigenvalue weighted by Gasteiger charge is -2.13. The number of nitriles is 1. The Balaban J connectivity index is 1.53. The van der Waals surface area contributed by atoms with Crippen LogP contribution in [-0.2, 0) is 20.6 Å². The fourth-order valence-electron chi connectivity index (χ4n) is 3.32. The van der Waals surface area contributed by atoms with Crippen LogP contribution in [0.5, 0.6) is 11.5 Å². The number of ether oxygens (including phenoxy) is 4. The first-order chi connectivity index (χ1) is 16.1. The molecule has 3 aromatic rings. The number of pyridine rings is 1. The van der Waals surface area contributed by atoms with Crippen LogP contribution in [0.15, 0.2) is 60.7 Å². The molecule has 168 valence electrons. The fourth-order valence-corrected chi connectivity index (χ4v) is 3.32. The molecule has 33 heavy (non-hydrogen) atoms. The summed E-state index contributed by atoms with van der Waals surface area (Å²) in [6.45, 7) is 2.17. The minimum absolute atomic E-state index is 0.000572. The van der Waals surface area contributed by atoms with E-state index in [-0.39, 0.29) is 35.1 Å². The molecule has 8 heteroatoms. The average molecular weight is 446 g/mol. The fraction of sp³-hybridized carbons (Fsp3) is 0.240.